The van der Waals surface area contributed by atoms with Crippen LogP contribution in [0.25, 0.3) is 0 Å². The van der Waals surface area contributed by atoms with Gasteiger partial charge in [-0.1, -0.05) is 13.8 Å². The van der Waals surface area contributed by atoms with E-state index < -0.39 is 0 Å². The van der Waals surface area contributed by atoms with E-state index in [9.17, 15) is 4.79 Å². The second kappa shape index (κ2) is 4.65. The van der Waals surface area contributed by atoms with Gasteiger partial charge in [-0.15, -0.1) is 0 Å². The van der Waals surface area contributed by atoms with Crippen molar-refractivity contribution in [3.05, 3.63) is 0 Å². The van der Waals surface area contributed by atoms with E-state index in [-0.39, 0.29) is 5.92 Å². The summed E-state index contributed by atoms with van der Waals surface area (Å²) < 4.78 is 0. The number of carbonyl (C=O) groups excluding carboxylic acids is 1. The molecule has 0 amide bonds. The number of hydrogen-bond donors (Lipinski definition) is 1. The molecule has 15 heavy (non-hydrogen) atoms. The van der Waals surface area contributed by atoms with Crippen LogP contribution in [-0.4, -0.2) is 18.9 Å². The summed E-state index contributed by atoms with van der Waals surface area (Å²) in [6.07, 6.45) is 4.65. The lowest BCUT2D eigenvalue weighted by atomic mass is 9.70. The second-order valence-corrected chi connectivity index (χ2v) is 5.51. The van der Waals surface area contributed by atoms with E-state index in [4.69, 9.17) is 0 Å². The zero-order valence-electron chi connectivity index (χ0n) is 9.96. The van der Waals surface area contributed by atoms with E-state index in [0.717, 1.165) is 44.2 Å². The van der Waals surface area contributed by atoms with Crippen molar-refractivity contribution in [2.75, 3.05) is 13.1 Å². The molecular formula is C13H23NO. The van der Waals surface area contributed by atoms with Crippen molar-refractivity contribution in [2.24, 2.45) is 23.7 Å². The Kier molecular flexibility index (Phi) is 3.45. The Hall–Kier alpha value is -0.370. The minimum absolute atomic E-state index is 0.279. The Morgan fingerprint density at radius 1 is 1.27 bits per heavy atom. The van der Waals surface area contributed by atoms with Gasteiger partial charge >= 0.3 is 0 Å². The van der Waals surface area contributed by atoms with Crippen LogP contribution in [0.2, 0.25) is 0 Å². The third-order valence-electron chi connectivity index (χ3n) is 4.27. The number of Topliss-reactive ketones (excluding diaryl/α,β-unsaturated/α-hetero) is 1. The number of nitrogens with one attached hydrogen (secondary N) is 1. The third kappa shape index (κ3) is 2.41. The van der Waals surface area contributed by atoms with Gasteiger partial charge in [0.05, 0.1) is 0 Å². The molecule has 1 aliphatic heterocycles. The summed E-state index contributed by atoms with van der Waals surface area (Å²) >= 11 is 0. The van der Waals surface area contributed by atoms with E-state index in [2.05, 4.69) is 19.2 Å². The lowest BCUT2D eigenvalue weighted by molar-refractivity contribution is -0.128. The molecule has 3 atom stereocenters. The summed E-state index contributed by atoms with van der Waals surface area (Å²) in [5, 5.41) is 3.48. The van der Waals surface area contributed by atoms with E-state index in [0.29, 0.717) is 11.7 Å². The number of hydrogen-bond acceptors (Lipinski definition) is 2. The minimum atomic E-state index is 0.279. The molecule has 1 N–H and O–H groups in total. The normalized spacial score (nSPS) is 37.3. The molecular weight excluding hydrogens is 186 g/mol. The van der Waals surface area contributed by atoms with E-state index in [1.54, 1.807) is 0 Å². The van der Waals surface area contributed by atoms with Gasteiger partial charge in [-0.25, -0.2) is 0 Å². The van der Waals surface area contributed by atoms with Gasteiger partial charge in [0.15, 0.2) is 0 Å². The maximum Gasteiger partial charge on any atom is 0.138 e. The third-order valence-corrected chi connectivity index (χ3v) is 4.27. The monoisotopic (exact) mass is 209 g/mol. The average Bonchev–Trinajstić information content (AvgIpc) is 2.26. The van der Waals surface area contributed by atoms with Crippen molar-refractivity contribution in [3.63, 3.8) is 0 Å². The Morgan fingerprint density at radius 2 is 1.87 bits per heavy atom. The van der Waals surface area contributed by atoms with Crippen LogP contribution in [0, 0.1) is 23.7 Å². The Balaban J connectivity index is 1.96. The molecule has 2 bridgehead atoms. The van der Waals surface area contributed by atoms with Gasteiger partial charge < -0.3 is 5.32 Å². The fourth-order valence-corrected chi connectivity index (χ4v) is 3.23. The van der Waals surface area contributed by atoms with Crippen molar-refractivity contribution in [2.45, 2.75) is 39.5 Å². The zero-order chi connectivity index (χ0) is 10.8. The zero-order valence-corrected chi connectivity index (χ0v) is 9.96. The lowest BCUT2D eigenvalue weighted by Crippen LogP contribution is -2.43. The first kappa shape index (κ1) is 11.1. The highest BCUT2D eigenvalue weighted by Crippen LogP contribution is 2.36. The fraction of sp³-hybridized carbons (Fsp3) is 0.923. The fourth-order valence-electron chi connectivity index (χ4n) is 3.23. The summed E-state index contributed by atoms with van der Waals surface area (Å²) in [5.74, 6) is 2.74. The predicted molar refractivity (Wildman–Crippen MR) is 61.7 cm³/mol. The summed E-state index contributed by atoms with van der Waals surface area (Å²) in [6.45, 7) is 6.49. The van der Waals surface area contributed by atoms with E-state index in [1.165, 1.54) is 6.42 Å². The van der Waals surface area contributed by atoms with Crippen LogP contribution < -0.4 is 5.32 Å². The minimum Gasteiger partial charge on any atom is -0.316 e. The molecule has 86 valence electrons. The smallest absolute Gasteiger partial charge is 0.138 e. The molecule has 2 heteroatoms. The van der Waals surface area contributed by atoms with Crippen molar-refractivity contribution < 1.29 is 4.79 Å². The number of rotatable bonds is 3. The van der Waals surface area contributed by atoms with Gasteiger partial charge in [0.2, 0.25) is 0 Å². The Morgan fingerprint density at radius 3 is 2.40 bits per heavy atom. The van der Waals surface area contributed by atoms with Crippen LogP contribution >= 0.6 is 0 Å². The van der Waals surface area contributed by atoms with Gasteiger partial charge in [-0.2, -0.15) is 0 Å². The molecule has 0 aromatic heterocycles. The number of piperidine rings is 1. The maximum absolute atomic E-state index is 12.1. The number of ketones is 1. The second-order valence-electron chi connectivity index (χ2n) is 5.51. The Bertz CT molecular complexity index is 227. The van der Waals surface area contributed by atoms with Crippen LogP contribution in [0.15, 0.2) is 0 Å². The van der Waals surface area contributed by atoms with Crippen LogP contribution in [0.5, 0.6) is 0 Å². The molecule has 2 aliphatic rings. The first-order valence-corrected chi connectivity index (χ1v) is 6.45. The van der Waals surface area contributed by atoms with Gasteiger partial charge in [0.1, 0.15) is 5.78 Å². The quantitative estimate of drug-likeness (QED) is 0.772. The summed E-state index contributed by atoms with van der Waals surface area (Å²) in [5.41, 5.74) is 0. The molecule has 3 unspecified atom stereocenters. The van der Waals surface area contributed by atoms with E-state index >= 15 is 0 Å². The largest absolute Gasteiger partial charge is 0.316 e. The number of carbonyl (C=O) groups is 1. The lowest BCUT2D eigenvalue weighted by Gasteiger charge is -2.39. The van der Waals surface area contributed by atoms with E-state index in [1.807, 2.05) is 0 Å². The van der Waals surface area contributed by atoms with Crippen molar-refractivity contribution in [1.82, 2.24) is 5.32 Å². The molecule has 1 saturated heterocycles. The van der Waals surface area contributed by atoms with Gasteiger partial charge in [-0.3, -0.25) is 4.79 Å². The average molecular weight is 209 g/mol. The van der Waals surface area contributed by atoms with Gasteiger partial charge in [0, 0.05) is 11.8 Å². The standard InChI is InChI=1S/C13H23NO/c1-3-9(2)13(15)12-5-10-4-11(6-12)8-14-7-10/h9-12,14H,3-8H2,1-2H3. The van der Waals surface area contributed by atoms with Crippen molar-refractivity contribution in [3.8, 4) is 0 Å². The SMILES string of the molecule is CCC(C)C(=O)C1CC2CNCC(C2)C1. The van der Waals surface area contributed by atoms with Crippen LogP contribution in [0.1, 0.15) is 39.5 Å². The summed E-state index contributed by atoms with van der Waals surface area (Å²) in [4.78, 5) is 12.1. The van der Waals surface area contributed by atoms with Gasteiger partial charge in [0.25, 0.3) is 0 Å². The first-order valence-electron chi connectivity index (χ1n) is 6.45. The highest BCUT2D eigenvalue weighted by molar-refractivity contribution is 5.83. The maximum atomic E-state index is 12.1. The molecule has 2 nitrogen and oxygen atoms in total. The molecule has 0 spiro atoms. The molecule has 2 rings (SSSR count). The number of fused-ring (bicyclic) bond motifs is 2. The summed E-state index contributed by atoms with van der Waals surface area (Å²) in [7, 11) is 0. The summed E-state index contributed by atoms with van der Waals surface area (Å²) in [6, 6.07) is 0. The van der Waals surface area contributed by atoms with Crippen LogP contribution in [0.4, 0.5) is 0 Å². The highest BCUT2D eigenvalue weighted by atomic mass is 16.1. The van der Waals surface area contributed by atoms with Gasteiger partial charge in [-0.05, 0) is 50.6 Å². The highest BCUT2D eigenvalue weighted by Gasteiger charge is 2.35. The predicted octanol–water partition coefficient (Wildman–Crippen LogP) is 2.24. The molecule has 1 saturated carbocycles. The topological polar surface area (TPSA) is 29.1 Å². The molecule has 0 radical (unpaired) electrons. The van der Waals surface area contributed by atoms with Crippen molar-refractivity contribution in [1.29, 1.82) is 0 Å². The van der Waals surface area contributed by atoms with Crippen LogP contribution in [0.3, 0.4) is 0 Å². The first-order chi connectivity index (χ1) is 7.20. The van der Waals surface area contributed by atoms with Crippen molar-refractivity contribution >= 4 is 5.78 Å². The van der Waals surface area contributed by atoms with Crippen LogP contribution in [-0.2, 0) is 4.79 Å². The molecule has 0 aromatic rings. The molecule has 0 aromatic carbocycles. The molecule has 1 aliphatic carbocycles. The molecule has 2 fully saturated rings. The Labute approximate surface area is 92.8 Å². The molecule has 1 heterocycles.